The smallest absolute Gasteiger partial charge is 0.321 e. The Morgan fingerprint density at radius 1 is 1.22 bits per heavy atom. The number of urea groups is 1. The topological polar surface area (TPSA) is 32.3 Å². The third kappa shape index (κ3) is 3.16. The zero-order valence-electron chi connectivity index (χ0n) is 10.7. The zero-order valence-corrected chi connectivity index (χ0v) is 11.5. The van der Waals surface area contributed by atoms with Crippen LogP contribution in [0.3, 0.4) is 0 Å². The van der Waals surface area contributed by atoms with Crippen molar-refractivity contribution in [2.24, 2.45) is 0 Å². The Kier molecular flexibility index (Phi) is 4.48. The molecular weight excluding hydrogens is 248 g/mol. The Labute approximate surface area is 113 Å². The molecule has 0 atom stereocenters. The number of hydrogen-bond acceptors (Lipinski definition) is 1. The number of rotatable bonds is 1. The first-order valence-electron chi connectivity index (χ1n) is 6.49. The summed E-state index contributed by atoms with van der Waals surface area (Å²) in [5.74, 6) is 0. The molecule has 1 aromatic rings. The van der Waals surface area contributed by atoms with E-state index in [1.54, 1.807) is 0 Å². The van der Waals surface area contributed by atoms with Gasteiger partial charge in [0.05, 0.1) is 0 Å². The van der Waals surface area contributed by atoms with E-state index in [4.69, 9.17) is 11.6 Å². The molecule has 2 rings (SSSR count). The van der Waals surface area contributed by atoms with Crippen molar-refractivity contribution >= 4 is 23.3 Å². The van der Waals surface area contributed by atoms with E-state index >= 15 is 0 Å². The van der Waals surface area contributed by atoms with Crippen LogP contribution in [0.1, 0.15) is 31.2 Å². The molecule has 0 saturated carbocycles. The van der Waals surface area contributed by atoms with Gasteiger partial charge < -0.3 is 10.2 Å². The molecular formula is C14H19ClN2O. The Morgan fingerprint density at radius 2 is 1.89 bits per heavy atom. The van der Waals surface area contributed by atoms with Gasteiger partial charge in [0.15, 0.2) is 0 Å². The fourth-order valence-electron chi connectivity index (χ4n) is 2.21. The van der Waals surface area contributed by atoms with Gasteiger partial charge in [0.2, 0.25) is 0 Å². The van der Waals surface area contributed by atoms with Crippen LogP contribution >= 0.6 is 11.6 Å². The number of benzene rings is 1. The van der Waals surface area contributed by atoms with Crippen LogP contribution in [0, 0.1) is 6.92 Å². The van der Waals surface area contributed by atoms with Crippen molar-refractivity contribution in [3.05, 3.63) is 28.8 Å². The van der Waals surface area contributed by atoms with Gasteiger partial charge in [-0.2, -0.15) is 0 Å². The minimum atomic E-state index is -0.0118. The van der Waals surface area contributed by atoms with Gasteiger partial charge in [-0.25, -0.2) is 4.79 Å². The van der Waals surface area contributed by atoms with E-state index in [-0.39, 0.29) is 6.03 Å². The summed E-state index contributed by atoms with van der Waals surface area (Å²) in [7, 11) is 0. The zero-order chi connectivity index (χ0) is 13.0. The number of amides is 2. The highest BCUT2D eigenvalue weighted by Crippen LogP contribution is 2.23. The van der Waals surface area contributed by atoms with Crippen LogP contribution in [0.15, 0.2) is 18.2 Å². The maximum Gasteiger partial charge on any atom is 0.321 e. The maximum atomic E-state index is 12.2. The number of nitrogens with zero attached hydrogens (tertiary/aromatic N) is 1. The number of hydrogen-bond donors (Lipinski definition) is 1. The van der Waals surface area contributed by atoms with Crippen LogP contribution in [-0.2, 0) is 0 Å². The van der Waals surface area contributed by atoms with Crippen LogP contribution in [0.4, 0.5) is 10.5 Å². The number of anilines is 1. The highest BCUT2D eigenvalue weighted by atomic mass is 35.5. The van der Waals surface area contributed by atoms with Gasteiger partial charge in [-0.1, -0.05) is 30.5 Å². The number of halogens is 1. The molecule has 1 heterocycles. The lowest BCUT2D eigenvalue weighted by Crippen LogP contribution is -2.35. The largest absolute Gasteiger partial charge is 0.325 e. The lowest BCUT2D eigenvalue weighted by molar-refractivity contribution is 0.213. The highest BCUT2D eigenvalue weighted by Gasteiger charge is 2.16. The van der Waals surface area contributed by atoms with Crippen molar-refractivity contribution < 1.29 is 4.79 Å². The minimum Gasteiger partial charge on any atom is -0.325 e. The van der Waals surface area contributed by atoms with Gasteiger partial charge in [0.1, 0.15) is 0 Å². The van der Waals surface area contributed by atoms with Gasteiger partial charge in [-0.05, 0) is 37.5 Å². The quantitative estimate of drug-likeness (QED) is 0.817. The first-order chi connectivity index (χ1) is 8.68. The van der Waals surface area contributed by atoms with Gasteiger partial charge in [-0.3, -0.25) is 0 Å². The minimum absolute atomic E-state index is 0.0118. The van der Waals surface area contributed by atoms with E-state index in [2.05, 4.69) is 5.32 Å². The summed E-state index contributed by atoms with van der Waals surface area (Å²) in [5, 5.41) is 3.64. The van der Waals surface area contributed by atoms with E-state index in [1.807, 2.05) is 30.0 Å². The summed E-state index contributed by atoms with van der Waals surface area (Å²) in [6, 6.07) is 5.56. The van der Waals surface area contributed by atoms with E-state index in [0.29, 0.717) is 5.02 Å². The van der Waals surface area contributed by atoms with Crippen LogP contribution in [0.2, 0.25) is 5.02 Å². The second-order valence-corrected chi connectivity index (χ2v) is 5.15. The fourth-order valence-corrected chi connectivity index (χ4v) is 2.39. The molecule has 0 bridgehead atoms. The van der Waals surface area contributed by atoms with Crippen molar-refractivity contribution in [1.29, 1.82) is 0 Å². The Hall–Kier alpha value is -1.22. The molecule has 1 N–H and O–H groups in total. The van der Waals surface area contributed by atoms with Crippen LogP contribution in [0.5, 0.6) is 0 Å². The molecule has 0 aromatic heterocycles. The summed E-state index contributed by atoms with van der Waals surface area (Å²) >= 11 is 6.04. The van der Waals surface area contributed by atoms with E-state index in [0.717, 1.165) is 37.2 Å². The van der Waals surface area contributed by atoms with Crippen LogP contribution in [0.25, 0.3) is 0 Å². The maximum absolute atomic E-state index is 12.2. The van der Waals surface area contributed by atoms with E-state index in [9.17, 15) is 4.79 Å². The van der Waals surface area contributed by atoms with Gasteiger partial charge >= 0.3 is 6.03 Å². The lowest BCUT2D eigenvalue weighted by atomic mass is 10.2. The number of carbonyl (C=O) groups is 1. The molecule has 1 aliphatic heterocycles. The van der Waals surface area contributed by atoms with E-state index in [1.165, 1.54) is 12.8 Å². The average molecular weight is 267 g/mol. The van der Waals surface area contributed by atoms with Crippen molar-refractivity contribution in [1.82, 2.24) is 4.90 Å². The average Bonchev–Trinajstić information content (AvgIpc) is 2.63. The molecule has 1 aliphatic rings. The van der Waals surface area contributed by atoms with Crippen molar-refractivity contribution in [3.8, 4) is 0 Å². The standard InChI is InChI=1S/C14H19ClN2O/c1-11-12(15)7-6-8-13(11)16-14(18)17-9-4-2-3-5-10-17/h6-8H,2-5,9-10H2,1H3,(H,16,18). The normalized spacial score (nSPS) is 16.2. The highest BCUT2D eigenvalue weighted by molar-refractivity contribution is 6.31. The monoisotopic (exact) mass is 266 g/mol. The third-order valence-electron chi connectivity index (χ3n) is 3.40. The molecule has 3 nitrogen and oxygen atoms in total. The first-order valence-corrected chi connectivity index (χ1v) is 6.87. The SMILES string of the molecule is Cc1c(Cl)cccc1NC(=O)N1CCCCCC1. The Bertz CT molecular complexity index is 426. The number of carbonyl (C=O) groups excluding carboxylic acids is 1. The summed E-state index contributed by atoms with van der Waals surface area (Å²) in [4.78, 5) is 14.1. The number of nitrogens with one attached hydrogen (secondary N) is 1. The fraction of sp³-hybridized carbons (Fsp3) is 0.500. The predicted molar refractivity (Wildman–Crippen MR) is 75.2 cm³/mol. The lowest BCUT2D eigenvalue weighted by Gasteiger charge is -2.21. The molecule has 98 valence electrons. The van der Waals surface area contributed by atoms with Crippen molar-refractivity contribution in [3.63, 3.8) is 0 Å². The Balaban J connectivity index is 2.03. The summed E-state index contributed by atoms with van der Waals surface area (Å²) in [5.41, 5.74) is 1.72. The summed E-state index contributed by atoms with van der Waals surface area (Å²) in [6.07, 6.45) is 4.64. The summed E-state index contributed by atoms with van der Waals surface area (Å²) in [6.45, 7) is 3.62. The van der Waals surface area contributed by atoms with Crippen molar-refractivity contribution in [2.75, 3.05) is 18.4 Å². The second kappa shape index (κ2) is 6.10. The van der Waals surface area contributed by atoms with Crippen LogP contribution < -0.4 is 5.32 Å². The first kappa shape index (κ1) is 13.2. The molecule has 0 spiro atoms. The molecule has 0 radical (unpaired) electrons. The molecule has 18 heavy (non-hydrogen) atoms. The van der Waals surface area contributed by atoms with Crippen molar-refractivity contribution in [2.45, 2.75) is 32.6 Å². The molecule has 0 unspecified atom stereocenters. The molecule has 1 aromatic carbocycles. The van der Waals surface area contributed by atoms with Crippen LogP contribution in [-0.4, -0.2) is 24.0 Å². The number of likely N-dealkylation sites (tertiary alicyclic amines) is 1. The Morgan fingerprint density at radius 3 is 2.56 bits per heavy atom. The third-order valence-corrected chi connectivity index (χ3v) is 3.81. The van der Waals surface area contributed by atoms with Gasteiger partial charge in [0, 0.05) is 23.8 Å². The molecule has 1 saturated heterocycles. The predicted octanol–water partition coefficient (Wildman–Crippen LogP) is 4.06. The summed E-state index contributed by atoms with van der Waals surface area (Å²) < 4.78 is 0. The van der Waals surface area contributed by atoms with Gasteiger partial charge in [-0.15, -0.1) is 0 Å². The second-order valence-electron chi connectivity index (χ2n) is 4.74. The molecule has 2 amide bonds. The van der Waals surface area contributed by atoms with Gasteiger partial charge in [0.25, 0.3) is 0 Å². The molecule has 1 fully saturated rings. The van der Waals surface area contributed by atoms with E-state index < -0.39 is 0 Å². The molecule has 4 heteroatoms. The molecule has 0 aliphatic carbocycles.